The molecule has 3 rings (SSSR count). The van der Waals surface area contributed by atoms with Crippen LogP contribution in [0.5, 0.6) is 5.75 Å². The summed E-state index contributed by atoms with van der Waals surface area (Å²) in [5.41, 5.74) is 0.796. The molecule has 22 heavy (non-hydrogen) atoms. The summed E-state index contributed by atoms with van der Waals surface area (Å²) in [5.74, 6) is 3.15. The molecule has 120 valence electrons. The summed E-state index contributed by atoms with van der Waals surface area (Å²) < 4.78 is 6.01. The molecule has 2 aliphatic rings. The van der Waals surface area contributed by atoms with E-state index >= 15 is 0 Å². The molecule has 0 spiro atoms. The Hall–Kier alpha value is -1.36. The average molecular weight is 320 g/mol. The summed E-state index contributed by atoms with van der Waals surface area (Å²) >= 11 is 1.96. The number of fused-ring (bicyclic) bond motifs is 1. The fourth-order valence-electron chi connectivity index (χ4n) is 3.16. The van der Waals surface area contributed by atoms with Crippen molar-refractivity contribution in [2.24, 2.45) is 0 Å². The summed E-state index contributed by atoms with van der Waals surface area (Å²) in [6.07, 6.45) is 2.90. The van der Waals surface area contributed by atoms with Crippen LogP contribution in [-0.2, 0) is 0 Å². The number of nitrogens with one attached hydrogen (secondary N) is 2. The van der Waals surface area contributed by atoms with Crippen molar-refractivity contribution in [3.8, 4) is 5.75 Å². The van der Waals surface area contributed by atoms with Gasteiger partial charge >= 0.3 is 6.03 Å². The predicted octanol–water partition coefficient (Wildman–Crippen LogP) is 3.48. The molecule has 5 heteroatoms. The third kappa shape index (κ3) is 3.69. The maximum absolute atomic E-state index is 12.3. The second kappa shape index (κ2) is 6.41. The van der Waals surface area contributed by atoms with Crippen molar-refractivity contribution in [2.75, 3.05) is 11.5 Å². The van der Waals surface area contributed by atoms with Gasteiger partial charge in [-0.25, -0.2) is 4.79 Å². The van der Waals surface area contributed by atoms with Gasteiger partial charge < -0.3 is 15.4 Å². The minimum absolute atomic E-state index is 0.00193. The summed E-state index contributed by atoms with van der Waals surface area (Å²) in [5, 5.41) is 6.26. The second-order valence-corrected chi connectivity index (χ2v) is 7.89. The lowest BCUT2D eigenvalue weighted by atomic mass is 9.90. The molecule has 2 aliphatic heterocycles. The molecule has 2 amide bonds. The van der Waals surface area contributed by atoms with Crippen LogP contribution in [0.4, 0.5) is 4.79 Å². The van der Waals surface area contributed by atoms with Crippen LogP contribution >= 0.6 is 11.8 Å². The van der Waals surface area contributed by atoms with E-state index in [1.54, 1.807) is 0 Å². The number of hydrogen-bond acceptors (Lipinski definition) is 3. The highest BCUT2D eigenvalue weighted by atomic mass is 32.2. The van der Waals surface area contributed by atoms with Crippen LogP contribution in [0.1, 0.15) is 44.7 Å². The van der Waals surface area contributed by atoms with E-state index in [0.717, 1.165) is 42.1 Å². The Morgan fingerprint density at radius 1 is 1.23 bits per heavy atom. The van der Waals surface area contributed by atoms with E-state index in [9.17, 15) is 4.79 Å². The number of rotatable bonds is 2. The van der Waals surface area contributed by atoms with E-state index in [4.69, 9.17) is 4.74 Å². The Labute approximate surface area is 136 Å². The van der Waals surface area contributed by atoms with E-state index in [1.165, 1.54) is 0 Å². The van der Waals surface area contributed by atoms with Crippen LogP contribution in [0, 0.1) is 0 Å². The predicted molar refractivity (Wildman–Crippen MR) is 90.5 cm³/mol. The average Bonchev–Trinajstić information content (AvgIpc) is 2.47. The Bertz CT molecular complexity index is 541. The number of ether oxygens (including phenoxy) is 1. The SMILES string of the molecule is CC1(C)CC(NC(=O)NC2CCSCC2)c2ccccc2O1. The number of thioether (sulfide) groups is 1. The molecular formula is C17H24N2O2S. The first-order chi connectivity index (χ1) is 10.5. The van der Waals surface area contributed by atoms with Crippen LogP contribution in [0.3, 0.4) is 0 Å². The van der Waals surface area contributed by atoms with Crippen molar-refractivity contribution in [2.45, 2.75) is 50.8 Å². The molecule has 1 atom stereocenters. The minimum atomic E-state index is -0.270. The van der Waals surface area contributed by atoms with Gasteiger partial charge in [0.05, 0.1) is 6.04 Å². The van der Waals surface area contributed by atoms with E-state index in [1.807, 2.05) is 36.0 Å². The van der Waals surface area contributed by atoms with Gasteiger partial charge in [-0.15, -0.1) is 0 Å². The highest BCUT2D eigenvalue weighted by Crippen LogP contribution is 2.39. The van der Waals surface area contributed by atoms with Gasteiger partial charge in [0.1, 0.15) is 11.4 Å². The first kappa shape index (κ1) is 15.5. The quantitative estimate of drug-likeness (QED) is 0.877. The summed E-state index contributed by atoms with van der Waals surface area (Å²) in [4.78, 5) is 12.3. The topological polar surface area (TPSA) is 50.4 Å². The van der Waals surface area contributed by atoms with Gasteiger partial charge in [-0.3, -0.25) is 0 Å². The third-order valence-electron chi connectivity index (χ3n) is 4.24. The van der Waals surface area contributed by atoms with Crippen LogP contribution in [0.15, 0.2) is 24.3 Å². The summed E-state index contributed by atoms with van der Waals surface area (Å²) in [6, 6.07) is 8.22. The molecule has 0 aliphatic carbocycles. The molecule has 1 saturated heterocycles. The van der Waals surface area contributed by atoms with Gasteiger partial charge in [-0.1, -0.05) is 18.2 Å². The molecule has 0 aromatic heterocycles. The Morgan fingerprint density at radius 3 is 2.73 bits per heavy atom. The van der Waals surface area contributed by atoms with Crippen LogP contribution in [-0.4, -0.2) is 29.2 Å². The normalized spacial score (nSPS) is 24.0. The van der Waals surface area contributed by atoms with Crippen molar-refractivity contribution < 1.29 is 9.53 Å². The first-order valence-electron chi connectivity index (χ1n) is 7.96. The molecule has 2 heterocycles. The molecule has 1 aromatic rings. The molecule has 0 radical (unpaired) electrons. The number of urea groups is 1. The maximum Gasteiger partial charge on any atom is 0.315 e. The number of hydrogen-bond donors (Lipinski definition) is 2. The molecule has 0 bridgehead atoms. The molecule has 0 saturated carbocycles. The first-order valence-corrected chi connectivity index (χ1v) is 9.12. The van der Waals surface area contributed by atoms with E-state index < -0.39 is 0 Å². The molecule has 1 fully saturated rings. The maximum atomic E-state index is 12.3. The smallest absolute Gasteiger partial charge is 0.315 e. The van der Waals surface area contributed by atoms with Crippen molar-refractivity contribution >= 4 is 17.8 Å². The monoisotopic (exact) mass is 320 g/mol. The molecular weight excluding hydrogens is 296 g/mol. The Kier molecular flexibility index (Phi) is 4.52. The number of para-hydroxylation sites is 1. The van der Waals surface area contributed by atoms with Gasteiger partial charge in [0.15, 0.2) is 0 Å². The molecule has 2 N–H and O–H groups in total. The zero-order chi connectivity index (χ0) is 15.6. The van der Waals surface area contributed by atoms with Crippen LogP contribution < -0.4 is 15.4 Å². The number of carbonyl (C=O) groups is 1. The Morgan fingerprint density at radius 2 is 1.95 bits per heavy atom. The van der Waals surface area contributed by atoms with Crippen molar-refractivity contribution in [3.63, 3.8) is 0 Å². The van der Waals surface area contributed by atoms with E-state index in [-0.39, 0.29) is 17.7 Å². The lowest BCUT2D eigenvalue weighted by molar-refractivity contribution is 0.0678. The molecule has 1 unspecified atom stereocenters. The third-order valence-corrected chi connectivity index (χ3v) is 5.29. The van der Waals surface area contributed by atoms with Crippen molar-refractivity contribution in [1.29, 1.82) is 0 Å². The van der Waals surface area contributed by atoms with Gasteiger partial charge in [0.25, 0.3) is 0 Å². The van der Waals surface area contributed by atoms with Gasteiger partial charge in [0.2, 0.25) is 0 Å². The van der Waals surface area contributed by atoms with Gasteiger partial charge in [0, 0.05) is 18.0 Å². The number of benzene rings is 1. The number of carbonyl (C=O) groups excluding carboxylic acids is 1. The summed E-state index contributed by atoms with van der Waals surface area (Å²) in [7, 11) is 0. The zero-order valence-electron chi connectivity index (χ0n) is 13.2. The lowest BCUT2D eigenvalue weighted by Crippen LogP contribution is -2.47. The van der Waals surface area contributed by atoms with Crippen molar-refractivity contribution in [1.82, 2.24) is 10.6 Å². The number of amides is 2. The lowest BCUT2D eigenvalue weighted by Gasteiger charge is -2.38. The molecule has 4 nitrogen and oxygen atoms in total. The summed E-state index contributed by atoms with van der Waals surface area (Å²) in [6.45, 7) is 4.13. The van der Waals surface area contributed by atoms with Crippen LogP contribution in [0.25, 0.3) is 0 Å². The van der Waals surface area contributed by atoms with Crippen LogP contribution in [0.2, 0.25) is 0 Å². The zero-order valence-corrected chi connectivity index (χ0v) is 14.0. The standard InChI is InChI=1S/C17H24N2O2S/c1-17(2)11-14(13-5-3-4-6-15(13)21-17)19-16(20)18-12-7-9-22-10-8-12/h3-6,12,14H,7-11H2,1-2H3,(H2,18,19,20). The molecule has 1 aromatic carbocycles. The fraction of sp³-hybridized carbons (Fsp3) is 0.588. The fourth-order valence-corrected chi connectivity index (χ4v) is 4.26. The highest BCUT2D eigenvalue weighted by molar-refractivity contribution is 7.99. The Balaban J connectivity index is 1.67. The largest absolute Gasteiger partial charge is 0.487 e. The minimum Gasteiger partial charge on any atom is -0.487 e. The van der Waals surface area contributed by atoms with Crippen molar-refractivity contribution in [3.05, 3.63) is 29.8 Å². The van der Waals surface area contributed by atoms with Gasteiger partial charge in [-0.2, -0.15) is 11.8 Å². The van der Waals surface area contributed by atoms with E-state index in [0.29, 0.717) is 6.04 Å². The second-order valence-electron chi connectivity index (χ2n) is 6.66. The highest BCUT2D eigenvalue weighted by Gasteiger charge is 2.34. The van der Waals surface area contributed by atoms with Gasteiger partial charge in [-0.05, 0) is 44.3 Å². The van der Waals surface area contributed by atoms with E-state index in [2.05, 4.69) is 24.5 Å².